The van der Waals surface area contributed by atoms with Crippen LogP contribution in [-0.4, -0.2) is 18.2 Å². The van der Waals surface area contributed by atoms with Crippen molar-refractivity contribution in [2.45, 2.75) is 26.5 Å². The molecule has 0 radical (unpaired) electrons. The third-order valence-electron chi connectivity index (χ3n) is 2.37. The van der Waals surface area contributed by atoms with Gasteiger partial charge in [0.2, 0.25) is 0 Å². The fraction of sp³-hybridized carbons (Fsp3) is 0.455. The van der Waals surface area contributed by atoms with Gasteiger partial charge in [-0.25, -0.2) is 0 Å². The smallest absolute Gasteiger partial charge is 0.0702 e. The first-order valence-electron chi connectivity index (χ1n) is 4.68. The number of hydrogen-bond donors (Lipinski definition) is 1. The number of aliphatic hydroxyl groups excluding tert-OH is 1. The van der Waals surface area contributed by atoms with Crippen molar-refractivity contribution in [2.24, 2.45) is 0 Å². The Morgan fingerprint density at radius 3 is 2.57 bits per heavy atom. The van der Waals surface area contributed by atoms with Crippen LogP contribution in [-0.2, 0) is 6.61 Å². The first-order chi connectivity index (χ1) is 6.56. The summed E-state index contributed by atoms with van der Waals surface area (Å²) in [5.41, 5.74) is 1.90. The van der Waals surface area contributed by atoms with Crippen LogP contribution in [0.2, 0.25) is 5.02 Å². The Kier molecular flexibility index (Phi) is 3.78. The molecule has 0 saturated carbocycles. The van der Waals surface area contributed by atoms with Crippen molar-refractivity contribution in [3.8, 4) is 0 Å². The molecule has 0 saturated heterocycles. The Hall–Kier alpha value is -0.730. The van der Waals surface area contributed by atoms with Crippen LogP contribution >= 0.6 is 11.6 Å². The van der Waals surface area contributed by atoms with Crippen molar-refractivity contribution in [1.29, 1.82) is 0 Å². The Labute approximate surface area is 90.1 Å². The maximum Gasteiger partial charge on any atom is 0.0702 e. The number of nitrogens with zero attached hydrogens (tertiary/aromatic N) is 1. The Bertz CT molecular complexity index is 312. The molecule has 0 aromatic heterocycles. The molecule has 1 rings (SSSR count). The summed E-state index contributed by atoms with van der Waals surface area (Å²) in [7, 11) is 2.00. The van der Waals surface area contributed by atoms with Gasteiger partial charge >= 0.3 is 0 Å². The molecule has 0 spiro atoms. The van der Waals surface area contributed by atoms with Gasteiger partial charge in [-0.15, -0.1) is 0 Å². The predicted molar refractivity (Wildman–Crippen MR) is 60.9 cm³/mol. The second kappa shape index (κ2) is 4.67. The monoisotopic (exact) mass is 213 g/mol. The summed E-state index contributed by atoms with van der Waals surface area (Å²) in [4.78, 5) is 2.09. The van der Waals surface area contributed by atoms with Crippen LogP contribution in [0.3, 0.4) is 0 Å². The van der Waals surface area contributed by atoms with Gasteiger partial charge in [0.1, 0.15) is 0 Å². The quantitative estimate of drug-likeness (QED) is 0.835. The van der Waals surface area contributed by atoms with E-state index in [0.717, 1.165) is 11.3 Å². The molecule has 0 bridgehead atoms. The minimum atomic E-state index is 0.0452. The van der Waals surface area contributed by atoms with Crippen molar-refractivity contribution in [3.63, 3.8) is 0 Å². The predicted octanol–water partition coefficient (Wildman–Crippen LogP) is 2.68. The van der Waals surface area contributed by atoms with Gasteiger partial charge in [-0.05, 0) is 26.0 Å². The molecular weight excluding hydrogens is 198 g/mol. The number of rotatable bonds is 3. The molecule has 0 atom stereocenters. The fourth-order valence-corrected chi connectivity index (χ4v) is 1.44. The number of hydrogen-bond acceptors (Lipinski definition) is 2. The molecule has 1 aromatic rings. The minimum absolute atomic E-state index is 0.0452. The lowest BCUT2D eigenvalue weighted by atomic mass is 10.1. The lowest BCUT2D eigenvalue weighted by molar-refractivity contribution is 0.282. The highest BCUT2D eigenvalue weighted by molar-refractivity contribution is 6.30. The Morgan fingerprint density at radius 2 is 2.07 bits per heavy atom. The van der Waals surface area contributed by atoms with Crippen LogP contribution in [0, 0.1) is 0 Å². The van der Waals surface area contributed by atoms with Gasteiger partial charge in [0.25, 0.3) is 0 Å². The van der Waals surface area contributed by atoms with Crippen LogP contribution in [0.1, 0.15) is 19.4 Å². The number of aliphatic hydroxyl groups is 1. The number of anilines is 1. The zero-order valence-electron chi connectivity index (χ0n) is 8.79. The molecule has 0 aliphatic heterocycles. The van der Waals surface area contributed by atoms with Gasteiger partial charge in [-0.2, -0.15) is 0 Å². The molecule has 3 heteroatoms. The molecule has 0 unspecified atom stereocenters. The molecule has 0 aliphatic carbocycles. The number of benzene rings is 1. The van der Waals surface area contributed by atoms with Crippen molar-refractivity contribution in [1.82, 2.24) is 0 Å². The Balaban J connectivity index is 3.10. The van der Waals surface area contributed by atoms with E-state index in [0.29, 0.717) is 11.1 Å². The maximum absolute atomic E-state index is 9.17. The topological polar surface area (TPSA) is 23.5 Å². The molecule has 1 aromatic carbocycles. The summed E-state index contributed by atoms with van der Waals surface area (Å²) in [6.45, 7) is 4.24. The van der Waals surface area contributed by atoms with E-state index in [1.165, 1.54) is 0 Å². The normalized spacial score (nSPS) is 10.7. The van der Waals surface area contributed by atoms with Gasteiger partial charge in [0.05, 0.1) is 6.61 Å². The summed E-state index contributed by atoms with van der Waals surface area (Å²) in [5.74, 6) is 0. The average molecular weight is 214 g/mol. The fourth-order valence-electron chi connectivity index (χ4n) is 1.28. The molecule has 2 nitrogen and oxygen atoms in total. The third kappa shape index (κ3) is 2.40. The standard InChI is InChI=1S/C11H16ClNO/c1-8(2)13(3)11-6-10(12)5-4-9(11)7-14/h4-6,8,14H,7H2,1-3H3. The van der Waals surface area contributed by atoms with Crippen molar-refractivity contribution >= 4 is 17.3 Å². The van der Waals surface area contributed by atoms with Crippen molar-refractivity contribution in [2.75, 3.05) is 11.9 Å². The SMILES string of the molecule is CC(C)N(C)c1cc(Cl)ccc1CO. The third-order valence-corrected chi connectivity index (χ3v) is 2.61. The van der Waals surface area contributed by atoms with E-state index in [-0.39, 0.29) is 6.61 Å². The molecule has 0 heterocycles. The van der Waals surface area contributed by atoms with Gasteiger partial charge in [-0.1, -0.05) is 17.7 Å². The molecule has 1 N–H and O–H groups in total. The molecule has 0 aliphatic rings. The van der Waals surface area contributed by atoms with E-state index in [1.807, 2.05) is 19.2 Å². The van der Waals surface area contributed by atoms with Gasteiger partial charge in [0.15, 0.2) is 0 Å². The highest BCUT2D eigenvalue weighted by Gasteiger charge is 2.09. The molecule has 78 valence electrons. The second-order valence-electron chi connectivity index (χ2n) is 3.64. The zero-order valence-corrected chi connectivity index (χ0v) is 9.54. The van der Waals surface area contributed by atoms with Crippen molar-refractivity contribution in [3.05, 3.63) is 28.8 Å². The largest absolute Gasteiger partial charge is 0.392 e. The van der Waals surface area contributed by atoms with Gasteiger partial charge in [-0.3, -0.25) is 0 Å². The highest BCUT2D eigenvalue weighted by atomic mass is 35.5. The van der Waals surface area contributed by atoms with Gasteiger partial charge in [0, 0.05) is 29.4 Å². The van der Waals surface area contributed by atoms with Crippen LogP contribution in [0.15, 0.2) is 18.2 Å². The van der Waals surface area contributed by atoms with E-state index in [9.17, 15) is 5.11 Å². The van der Waals surface area contributed by atoms with E-state index < -0.39 is 0 Å². The summed E-state index contributed by atoms with van der Waals surface area (Å²) < 4.78 is 0. The van der Waals surface area contributed by atoms with Crippen LogP contribution < -0.4 is 4.90 Å². The summed E-state index contributed by atoms with van der Waals surface area (Å²) in [6.07, 6.45) is 0. The lowest BCUT2D eigenvalue weighted by Gasteiger charge is -2.26. The van der Waals surface area contributed by atoms with Crippen LogP contribution in [0.4, 0.5) is 5.69 Å². The Morgan fingerprint density at radius 1 is 1.43 bits per heavy atom. The zero-order chi connectivity index (χ0) is 10.7. The van der Waals surface area contributed by atoms with Gasteiger partial charge < -0.3 is 10.0 Å². The van der Waals surface area contributed by atoms with Crippen molar-refractivity contribution < 1.29 is 5.11 Å². The summed E-state index contributed by atoms with van der Waals surface area (Å²) in [5, 5.41) is 9.87. The van der Waals surface area contributed by atoms with E-state index in [1.54, 1.807) is 6.07 Å². The first-order valence-corrected chi connectivity index (χ1v) is 5.06. The summed E-state index contributed by atoms with van der Waals surface area (Å²) >= 11 is 5.91. The molecule has 0 fully saturated rings. The van der Waals surface area contributed by atoms with E-state index in [4.69, 9.17) is 11.6 Å². The second-order valence-corrected chi connectivity index (χ2v) is 4.07. The lowest BCUT2D eigenvalue weighted by Crippen LogP contribution is -2.26. The molecular formula is C11H16ClNO. The first kappa shape index (κ1) is 11.3. The number of halogens is 1. The summed E-state index contributed by atoms with van der Waals surface area (Å²) in [6, 6.07) is 5.92. The molecule has 0 amide bonds. The average Bonchev–Trinajstić information content (AvgIpc) is 2.16. The minimum Gasteiger partial charge on any atom is -0.392 e. The van der Waals surface area contributed by atoms with E-state index in [2.05, 4.69) is 18.7 Å². The van der Waals surface area contributed by atoms with Crippen LogP contribution in [0.25, 0.3) is 0 Å². The van der Waals surface area contributed by atoms with E-state index >= 15 is 0 Å². The van der Waals surface area contributed by atoms with Crippen LogP contribution in [0.5, 0.6) is 0 Å². The molecule has 14 heavy (non-hydrogen) atoms. The highest BCUT2D eigenvalue weighted by Crippen LogP contribution is 2.25. The maximum atomic E-state index is 9.17.